The van der Waals surface area contributed by atoms with E-state index in [-0.39, 0.29) is 0 Å². The van der Waals surface area contributed by atoms with Gasteiger partial charge >= 0.3 is 0 Å². The van der Waals surface area contributed by atoms with E-state index in [4.69, 9.17) is 18.8 Å². The second kappa shape index (κ2) is 12.3. The topological polar surface area (TPSA) is 57.0 Å². The van der Waals surface area contributed by atoms with Crippen LogP contribution in [0.4, 0.5) is 0 Å². The molecule has 6 heteroatoms. The maximum atomic E-state index is 6.70. The van der Waals surface area contributed by atoms with Crippen LogP contribution in [0.5, 0.6) is 0 Å². The molecule has 14 aromatic rings. The summed E-state index contributed by atoms with van der Waals surface area (Å²) in [6.45, 7) is 0. The summed E-state index contributed by atoms with van der Waals surface area (Å²) in [5.74, 6) is 0.637. The third kappa shape index (κ3) is 4.75. The van der Waals surface area contributed by atoms with Crippen molar-refractivity contribution in [3.63, 3.8) is 0 Å². The summed E-state index contributed by atoms with van der Waals surface area (Å²) < 4.78 is 18.1. The van der Waals surface area contributed by atoms with E-state index in [0.717, 1.165) is 94.2 Å². The molecule has 0 N–H and O–H groups in total. The Bertz CT molecular complexity index is 4320. The molecule has 0 radical (unpaired) electrons. The largest absolute Gasteiger partial charge is 0.456 e. The van der Waals surface area contributed by atoms with Crippen LogP contribution in [-0.4, -0.2) is 14.5 Å². The summed E-state index contributed by atoms with van der Waals surface area (Å²) in [4.78, 5) is 11.3. The van der Waals surface area contributed by atoms with Crippen LogP contribution >= 0.6 is 11.3 Å². The van der Waals surface area contributed by atoms with E-state index in [1.165, 1.54) is 47.3 Å². The summed E-state index contributed by atoms with van der Waals surface area (Å²) in [5.41, 5.74) is 13.7. The first-order chi connectivity index (χ1) is 31.2. The van der Waals surface area contributed by atoms with Crippen LogP contribution in [0.25, 0.3) is 136 Å². The number of furan rings is 2. The molecular formula is C57H31N3O2S. The first-order valence-corrected chi connectivity index (χ1v) is 22.1. The van der Waals surface area contributed by atoms with Gasteiger partial charge in [-0.25, -0.2) is 9.97 Å². The number of hydrogen-bond acceptors (Lipinski definition) is 5. The molecule has 0 saturated carbocycles. The quantitative estimate of drug-likeness (QED) is 0.174. The first kappa shape index (κ1) is 33.6. The molecule has 0 spiro atoms. The molecule has 0 aliphatic carbocycles. The van der Waals surface area contributed by atoms with Crippen molar-refractivity contribution in [1.82, 2.24) is 14.5 Å². The molecule has 0 amide bonds. The predicted octanol–water partition coefficient (Wildman–Crippen LogP) is 15.8. The average Bonchev–Trinajstić information content (AvgIpc) is 4.08. The van der Waals surface area contributed by atoms with Crippen molar-refractivity contribution < 1.29 is 8.83 Å². The number of hydrogen-bond donors (Lipinski definition) is 0. The lowest BCUT2D eigenvalue weighted by Gasteiger charge is -2.19. The smallest absolute Gasteiger partial charge is 0.160 e. The van der Waals surface area contributed by atoms with Gasteiger partial charge in [-0.1, -0.05) is 109 Å². The molecular weight excluding hydrogens is 791 g/mol. The third-order valence-electron chi connectivity index (χ3n) is 13.4. The van der Waals surface area contributed by atoms with Crippen LogP contribution in [0, 0.1) is 0 Å². The fourth-order valence-corrected chi connectivity index (χ4v) is 11.6. The standard InChI is InChI=1S/C57H31N3O2S/c1-2-10-33-26-47-42(25-32(33)9-1)36-20-17-31-23-45-55(34-18-22-41-40-13-5-8-16-53(40)63-54(41)28-34)58-57(35-19-21-39-37-11-3-6-14-49(37)61-51(39)27-35)59-56(45)44-30-52-43(29-48(44)60(47)46(36)24-31)38-12-4-7-15-50(38)62-52/h1-22,24-30H,23H2. The summed E-state index contributed by atoms with van der Waals surface area (Å²) in [6.07, 6.45) is 0.634. The van der Waals surface area contributed by atoms with Crippen molar-refractivity contribution >= 4 is 108 Å². The van der Waals surface area contributed by atoms with Gasteiger partial charge in [-0.3, -0.25) is 0 Å². The lowest BCUT2D eigenvalue weighted by Crippen LogP contribution is -2.05. The van der Waals surface area contributed by atoms with Gasteiger partial charge in [-0.05, 0) is 83.1 Å². The van der Waals surface area contributed by atoms with E-state index in [1.54, 1.807) is 0 Å². The Labute approximate surface area is 362 Å². The Morgan fingerprint density at radius 1 is 0.429 bits per heavy atom. The number of aromatic nitrogens is 3. The minimum Gasteiger partial charge on any atom is -0.456 e. The Hall–Kier alpha value is -8.06. The maximum absolute atomic E-state index is 6.70. The minimum atomic E-state index is 0.634. The number of para-hydroxylation sites is 2. The molecule has 5 aromatic heterocycles. The number of benzene rings is 9. The molecule has 0 unspecified atom stereocenters. The van der Waals surface area contributed by atoms with Crippen molar-refractivity contribution in [3.05, 3.63) is 187 Å². The molecule has 292 valence electrons. The molecule has 0 atom stereocenters. The molecule has 1 aliphatic heterocycles. The molecule has 1 aliphatic rings. The third-order valence-corrected chi connectivity index (χ3v) is 14.5. The van der Waals surface area contributed by atoms with E-state index < -0.39 is 0 Å². The highest BCUT2D eigenvalue weighted by atomic mass is 32.1. The molecule has 6 heterocycles. The molecule has 15 rings (SSSR count). The monoisotopic (exact) mass is 821 g/mol. The van der Waals surface area contributed by atoms with Gasteiger partial charge in [-0.15, -0.1) is 11.3 Å². The minimum absolute atomic E-state index is 0.634. The van der Waals surface area contributed by atoms with Crippen LogP contribution in [0.1, 0.15) is 11.1 Å². The van der Waals surface area contributed by atoms with E-state index in [1.807, 2.05) is 29.5 Å². The number of nitrogens with zero attached hydrogens (tertiary/aromatic N) is 3. The molecule has 0 fully saturated rings. The lowest BCUT2D eigenvalue weighted by molar-refractivity contribution is 0.668. The zero-order chi connectivity index (χ0) is 40.9. The second-order valence-electron chi connectivity index (χ2n) is 16.9. The van der Waals surface area contributed by atoms with Crippen LogP contribution in [0.15, 0.2) is 185 Å². The molecule has 0 saturated heterocycles. The predicted molar refractivity (Wildman–Crippen MR) is 260 cm³/mol. The molecule has 9 aromatic carbocycles. The highest BCUT2D eigenvalue weighted by Crippen LogP contribution is 2.46. The molecule has 5 nitrogen and oxygen atoms in total. The Balaban J connectivity index is 1.09. The Morgan fingerprint density at radius 3 is 1.92 bits per heavy atom. The van der Waals surface area contributed by atoms with Crippen molar-refractivity contribution in [3.8, 4) is 39.6 Å². The summed E-state index contributed by atoms with van der Waals surface area (Å²) in [7, 11) is 0. The van der Waals surface area contributed by atoms with Gasteiger partial charge in [0.15, 0.2) is 5.82 Å². The van der Waals surface area contributed by atoms with E-state index in [9.17, 15) is 0 Å². The second-order valence-corrected chi connectivity index (χ2v) is 18.0. The van der Waals surface area contributed by atoms with Crippen molar-refractivity contribution in [2.45, 2.75) is 6.42 Å². The lowest BCUT2D eigenvalue weighted by atomic mass is 9.93. The van der Waals surface area contributed by atoms with E-state index >= 15 is 0 Å². The zero-order valence-electron chi connectivity index (χ0n) is 33.5. The normalized spacial score (nSPS) is 12.7. The molecule has 63 heavy (non-hydrogen) atoms. The first-order valence-electron chi connectivity index (χ1n) is 21.3. The maximum Gasteiger partial charge on any atom is 0.160 e. The van der Waals surface area contributed by atoms with Gasteiger partial charge in [0.05, 0.1) is 28.1 Å². The number of fused-ring (bicyclic) bond motifs is 18. The van der Waals surface area contributed by atoms with Gasteiger partial charge in [0, 0.05) is 81.2 Å². The fraction of sp³-hybridized carbons (Fsp3) is 0.0175. The zero-order valence-corrected chi connectivity index (χ0v) is 34.3. The van der Waals surface area contributed by atoms with E-state index in [2.05, 4.69) is 162 Å². The summed E-state index contributed by atoms with van der Waals surface area (Å²) in [6, 6.07) is 63.4. The van der Waals surface area contributed by atoms with Gasteiger partial charge in [0.2, 0.25) is 0 Å². The van der Waals surface area contributed by atoms with Gasteiger partial charge in [0.25, 0.3) is 0 Å². The van der Waals surface area contributed by atoms with E-state index in [0.29, 0.717) is 12.2 Å². The summed E-state index contributed by atoms with van der Waals surface area (Å²) in [5, 5.41) is 11.7. The van der Waals surface area contributed by atoms with Crippen LogP contribution in [0.2, 0.25) is 0 Å². The average molecular weight is 822 g/mol. The highest BCUT2D eigenvalue weighted by molar-refractivity contribution is 7.25. The Kier molecular flexibility index (Phi) is 6.56. The van der Waals surface area contributed by atoms with Crippen LogP contribution < -0.4 is 0 Å². The number of rotatable bonds is 2. The fourth-order valence-electron chi connectivity index (χ4n) is 10.4. The van der Waals surface area contributed by atoms with Gasteiger partial charge in [0.1, 0.15) is 22.3 Å². The highest BCUT2D eigenvalue weighted by Gasteiger charge is 2.27. The Morgan fingerprint density at radius 2 is 1.06 bits per heavy atom. The number of thiophene rings is 1. The van der Waals surface area contributed by atoms with Crippen LogP contribution in [-0.2, 0) is 6.42 Å². The van der Waals surface area contributed by atoms with Crippen molar-refractivity contribution in [1.29, 1.82) is 0 Å². The van der Waals surface area contributed by atoms with Gasteiger partial charge in [-0.2, -0.15) is 0 Å². The van der Waals surface area contributed by atoms with Gasteiger partial charge < -0.3 is 13.4 Å². The van der Waals surface area contributed by atoms with Crippen LogP contribution in [0.3, 0.4) is 0 Å². The summed E-state index contributed by atoms with van der Waals surface area (Å²) >= 11 is 1.83. The SMILES string of the molecule is c1ccc2cc3c(cc2c1)c1ccc2cc1n3-c1cc3c(cc1-c1nc(-c4ccc5c(c4)oc4ccccc45)nc(-c4ccc5c(c4)sc4ccccc45)c1C2)oc1ccccc13. The van der Waals surface area contributed by atoms with Crippen molar-refractivity contribution in [2.75, 3.05) is 0 Å². The van der Waals surface area contributed by atoms with Crippen molar-refractivity contribution in [2.24, 2.45) is 0 Å². The molecule has 2 bridgehead atoms.